The molecule has 1 aliphatic carbocycles. The van der Waals surface area contributed by atoms with Crippen LogP contribution in [0.25, 0.3) is 0 Å². The number of carbonyl (C=O) groups excluding carboxylic acids is 1. The summed E-state index contributed by atoms with van der Waals surface area (Å²) in [6.45, 7) is 0. The summed E-state index contributed by atoms with van der Waals surface area (Å²) >= 11 is 0. The molecule has 4 heteroatoms. The van der Waals surface area contributed by atoms with Gasteiger partial charge in [0.1, 0.15) is 0 Å². The largest absolute Gasteiger partial charge is 0.373 e. The molecule has 2 aliphatic heterocycles. The van der Waals surface area contributed by atoms with Crippen LogP contribution in [-0.4, -0.2) is 30.3 Å². The normalized spacial score (nSPS) is 37.9. The number of rotatable bonds is 2. The third-order valence-electron chi connectivity index (χ3n) is 4.11. The molecule has 3 fully saturated rings. The van der Waals surface area contributed by atoms with Crippen LogP contribution >= 0.6 is 0 Å². The molecule has 0 spiro atoms. The number of fused-ring (bicyclic) bond motifs is 2. The smallest absolute Gasteiger partial charge is 0.315 e. The van der Waals surface area contributed by atoms with E-state index in [9.17, 15) is 4.79 Å². The first-order chi connectivity index (χ1) is 7.81. The average molecular weight is 224 g/mol. The van der Waals surface area contributed by atoms with Crippen molar-refractivity contribution in [2.24, 2.45) is 0 Å². The van der Waals surface area contributed by atoms with E-state index in [1.54, 1.807) is 0 Å². The first-order valence-corrected chi connectivity index (χ1v) is 6.54. The van der Waals surface area contributed by atoms with E-state index in [0.717, 1.165) is 25.7 Å². The van der Waals surface area contributed by atoms with Gasteiger partial charge in [0.2, 0.25) is 0 Å². The number of nitrogens with one attached hydrogen (secondary N) is 2. The van der Waals surface area contributed by atoms with Crippen LogP contribution in [0.4, 0.5) is 4.79 Å². The van der Waals surface area contributed by atoms with Gasteiger partial charge in [-0.05, 0) is 32.1 Å². The van der Waals surface area contributed by atoms with Crippen LogP contribution in [0.15, 0.2) is 0 Å². The van der Waals surface area contributed by atoms with Crippen LogP contribution in [0, 0.1) is 0 Å². The van der Waals surface area contributed by atoms with Gasteiger partial charge in [-0.25, -0.2) is 4.79 Å². The fraction of sp³-hybridized carbons (Fsp3) is 0.917. The van der Waals surface area contributed by atoms with Crippen molar-refractivity contribution in [2.45, 2.75) is 69.2 Å². The lowest BCUT2D eigenvalue weighted by atomic mass is 9.96. The van der Waals surface area contributed by atoms with E-state index in [-0.39, 0.29) is 18.2 Å². The summed E-state index contributed by atoms with van der Waals surface area (Å²) in [5.74, 6) is 0. The molecule has 2 N–H and O–H groups in total. The first-order valence-electron chi connectivity index (χ1n) is 6.54. The molecule has 16 heavy (non-hydrogen) atoms. The zero-order chi connectivity index (χ0) is 11.0. The Kier molecular flexibility index (Phi) is 2.75. The second-order valence-electron chi connectivity index (χ2n) is 5.32. The molecule has 2 heterocycles. The standard InChI is InChI=1S/C12H20N2O2/c15-12(13-8-3-1-2-4-8)14-10-7-9-5-6-11(10)16-9/h8-11H,1-7H2,(H2,13,14,15). The van der Waals surface area contributed by atoms with Crippen LogP contribution < -0.4 is 10.6 Å². The highest BCUT2D eigenvalue weighted by Gasteiger charge is 2.41. The van der Waals surface area contributed by atoms with Crippen molar-refractivity contribution < 1.29 is 9.53 Å². The Balaban J connectivity index is 1.45. The van der Waals surface area contributed by atoms with Gasteiger partial charge in [0, 0.05) is 6.04 Å². The van der Waals surface area contributed by atoms with Gasteiger partial charge in [0.05, 0.1) is 18.2 Å². The quantitative estimate of drug-likeness (QED) is 0.747. The van der Waals surface area contributed by atoms with Crippen molar-refractivity contribution in [3.05, 3.63) is 0 Å². The lowest BCUT2D eigenvalue weighted by molar-refractivity contribution is 0.0980. The Hall–Kier alpha value is -0.770. The minimum absolute atomic E-state index is 0.00745. The molecular weight excluding hydrogens is 204 g/mol. The summed E-state index contributed by atoms with van der Waals surface area (Å²) in [6, 6.07) is 0.660. The summed E-state index contributed by atoms with van der Waals surface area (Å²) in [6.07, 6.45) is 8.75. The lowest BCUT2D eigenvalue weighted by Gasteiger charge is -2.21. The first kappa shape index (κ1) is 10.4. The molecule has 90 valence electrons. The average Bonchev–Trinajstić information content (AvgIpc) is 2.92. The predicted molar refractivity (Wildman–Crippen MR) is 60.2 cm³/mol. The summed E-state index contributed by atoms with van der Waals surface area (Å²) in [7, 11) is 0. The monoisotopic (exact) mass is 224 g/mol. The zero-order valence-corrected chi connectivity index (χ0v) is 9.58. The summed E-state index contributed by atoms with van der Waals surface area (Å²) in [5.41, 5.74) is 0. The van der Waals surface area contributed by atoms with Crippen molar-refractivity contribution in [3.8, 4) is 0 Å². The van der Waals surface area contributed by atoms with Crippen LogP contribution in [-0.2, 0) is 4.74 Å². The van der Waals surface area contributed by atoms with Crippen LogP contribution in [0.2, 0.25) is 0 Å². The maximum absolute atomic E-state index is 11.8. The van der Waals surface area contributed by atoms with Crippen LogP contribution in [0.3, 0.4) is 0 Å². The highest BCUT2D eigenvalue weighted by Crippen LogP contribution is 2.34. The summed E-state index contributed by atoms with van der Waals surface area (Å²) < 4.78 is 5.71. The minimum Gasteiger partial charge on any atom is -0.373 e. The summed E-state index contributed by atoms with van der Waals surface area (Å²) in [5, 5.41) is 6.12. The Morgan fingerprint density at radius 3 is 2.50 bits per heavy atom. The molecule has 2 bridgehead atoms. The maximum atomic E-state index is 11.8. The van der Waals surface area contributed by atoms with Crippen molar-refractivity contribution in [1.29, 1.82) is 0 Å². The molecular formula is C12H20N2O2. The fourth-order valence-electron chi connectivity index (χ4n) is 3.26. The van der Waals surface area contributed by atoms with Crippen LogP contribution in [0.1, 0.15) is 44.9 Å². The molecule has 3 aliphatic rings. The molecule has 3 unspecified atom stereocenters. The van der Waals surface area contributed by atoms with Crippen LogP contribution in [0.5, 0.6) is 0 Å². The Labute approximate surface area is 96.1 Å². The lowest BCUT2D eigenvalue weighted by Crippen LogP contribution is -2.48. The molecule has 3 atom stereocenters. The van der Waals surface area contributed by atoms with E-state index in [4.69, 9.17) is 4.74 Å². The van der Waals surface area contributed by atoms with E-state index in [1.165, 1.54) is 19.3 Å². The molecule has 0 radical (unpaired) electrons. The second kappa shape index (κ2) is 4.24. The number of hydrogen-bond acceptors (Lipinski definition) is 2. The minimum atomic E-state index is 0.00745. The van der Waals surface area contributed by atoms with Gasteiger partial charge in [-0.3, -0.25) is 0 Å². The SMILES string of the molecule is O=C(NC1CCCC1)NC1CC2CCC1O2. The number of urea groups is 1. The van der Waals surface area contributed by atoms with E-state index in [1.807, 2.05) is 0 Å². The van der Waals surface area contributed by atoms with Gasteiger partial charge in [-0.15, -0.1) is 0 Å². The molecule has 3 rings (SSSR count). The van der Waals surface area contributed by atoms with E-state index >= 15 is 0 Å². The highest BCUT2D eigenvalue weighted by molar-refractivity contribution is 5.74. The molecule has 0 aromatic rings. The van der Waals surface area contributed by atoms with Gasteiger partial charge >= 0.3 is 6.03 Å². The molecule has 0 aromatic heterocycles. The molecule has 2 saturated heterocycles. The van der Waals surface area contributed by atoms with Crippen molar-refractivity contribution in [1.82, 2.24) is 10.6 Å². The van der Waals surface area contributed by atoms with Crippen molar-refractivity contribution in [2.75, 3.05) is 0 Å². The topological polar surface area (TPSA) is 50.4 Å². The highest BCUT2D eigenvalue weighted by atomic mass is 16.5. The Morgan fingerprint density at radius 1 is 1.06 bits per heavy atom. The Bertz CT molecular complexity index is 276. The van der Waals surface area contributed by atoms with Crippen molar-refractivity contribution in [3.63, 3.8) is 0 Å². The predicted octanol–water partition coefficient (Wildman–Crippen LogP) is 1.55. The number of amides is 2. The van der Waals surface area contributed by atoms with Gasteiger partial charge in [-0.1, -0.05) is 12.8 Å². The molecule has 1 saturated carbocycles. The zero-order valence-electron chi connectivity index (χ0n) is 9.58. The maximum Gasteiger partial charge on any atom is 0.315 e. The second-order valence-corrected chi connectivity index (χ2v) is 5.32. The Morgan fingerprint density at radius 2 is 1.88 bits per heavy atom. The van der Waals surface area contributed by atoms with E-state index in [0.29, 0.717) is 12.1 Å². The fourth-order valence-corrected chi connectivity index (χ4v) is 3.26. The van der Waals surface area contributed by atoms with Gasteiger partial charge in [0.15, 0.2) is 0 Å². The van der Waals surface area contributed by atoms with E-state index in [2.05, 4.69) is 10.6 Å². The molecule has 2 amide bonds. The third kappa shape index (κ3) is 2.03. The molecule has 0 aromatic carbocycles. The summed E-state index contributed by atoms with van der Waals surface area (Å²) in [4.78, 5) is 11.8. The van der Waals surface area contributed by atoms with Gasteiger partial charge in [-0.2, -0.15) is 0 Å². The number of carbonyl (C=O) groups is 1. The van der Waals surface area contributed by atoms with Gasteiger partial charge < -0.3 is 15.4 Å². The number of ether oxygens (including phenoxy) is 1. The number of hydrogen-bond donors (Lipinski definition) is 2. The van der Waals surface area contributed by atoms with Gasteiger partial charge in [0.25, 0.3) is 0 Å². The third-order valence-corrected chi connectivity index (χ3v) is 4.11. The van der Waals surface area contributed by atoms with Crippen molar-refractivity contribution >= 4 is 6.03 Å². The van der Waals surface area contributed by atoms with E-state index < -0.39 is 0 Å². The molecule has 4 nitrogen and oxygen atoms in total.